The number of carboxylic acid groups (broad SMARTS) is 1. The van der Waals surface area contributed by atoms with Crippen molar-refractivity contribution in [2.45, 2.75) is 37.3 Å². The number of aliphatic hydroxyl groups is 4. The number of hydrogen-bond acceptors (Lipinski definition) is 9. The van der Waals surface area contributed by atoms with Gasteiger partial charge in [0.2, 0.25) is 6.29 Å². The van der Waals surface area contributed by atoms with Gasteiger partial charge in [-0.25, -0.2) is 4.79 Å². The largest absolute Gasteiger partial charge is 0.479 e. The van der Waals surface area contributed by atoms with Crippen molar-refractivity contribution in [2.24, 2.45) is 5.84 Å². The molecule has 2 rings (SSSR count). The molecule has 0 amide bonds. The van der Waals surface area contributed by atoms with Crippen LogP contribution in [0.5, 0.6) is 5.75 Å². The van der Waals surface area contributed by atoms with Gasteiger partial charge in [0.1, 0.15) is 24.1 Å². The summed E-state index contributed by atoms with van der Waals surface area (Å²) in [6, 6.07) is 4.42. The second-order valence-corrected chi connectivity index (χ2v) is 4.99. The van der Waals surface area contributed by atoms with Crippen LogP contribution in [0.4, 0.5) is 5.69 Å². The van der Waals surface area contributed by atoms with Crippen LogP contribution in [0.25, 0.3) is 0 Å². The maximum Gasteiger partial charge on any atom is 0.335 e. The lowest BCUT2D eigenvalue weighted by Gasteiger charge is -2.38. The van der Waals surface area contributed by atoms with E-state index >= 15 is 0 Å². The Hall–Kier alpha value is -1.95. The molecule has 0 spiro atoms. The van der Waals surface area contributed by atoms with Crippen molar-refractivity contribution >= 4 is 11.7 Å². The average molecular weight is 330 g/mol. The lowest BCUT2D eigenvalue weighted by molar-refractivity contribution is -0.271. The Balaban J connectivity index is 2.22. The first-order valence-electron chi connectivity index (χ1n) is 6.68. The monoisotopic (exact) mass is 330 g/mol. The third kappa shape index (κ3) is 3.52. The minimum absolute atomic E-state index is 0.0986. The minimum atomic E-state index is -1.80. The lowest BCUT2D eigenvalue weighted by atomic mass is 9.99. The molecule has 0 bridgehead atoms. The predicted molar refractivity (Wildman–Crippen MR) is 75.1 cm³/mol. The van der Waals surface area contributed by atoms with Crippen LogP contribution in [0.15, 0.2) is 18.2 Å². The molecule has 1 aromatic rings. The second kappa shape index (κ2) is 7.08. The first-order valence-corrected chi connectivity index (χ1v) is 6.68. The normalized spacial score (nSPS) is 30.7. The highest BCUT2D eigenvalue weighted by molar-refractivity contribution is 5.73. The molecule has 0 saturated carbocycles. The van der Waals surface area contributed by atoms with Crippen LogP contribution >= 0.6 is 0 Å². The zero-order chi connectivity index (χ0) is 17.1. The molecule has 0 radical (unpaired) electrons. The number of anilines is 1. The number of nitrogen functional groups attached to an aromatic ring is 1. The van der Waals surface area contributed by atoms with Crippen LogP contribution < -0.4 is 16.0 Å². The summed E-state index contributed by atoms with van der Waals surface area (Å²) >= 11 is 0. The van der Waals surface area contributed by atoms with E-state index in [4.69, 9.17) is 25.5 Å². The predicted octanol–water partition coefficient (Wildman–Crippen LogP) is -2.26. The van der Waals surface area contributed by atoms with Crippen molar-refractivity contribution in [2.75, 3.05) is 5.43 Å². The van der Waals surface area contributed by atoms with Gasteiger partial charge in [0.25, 0.3) is 0 Å². The van der Waals surface area contributed by atoms with E-state index in [0.29, 0.717) is 5.56 Å². The third-order valence-electron chi connectivity index (χ3n) is 3.44. The second-order valence-electron chi connectivity index (χ2n) is 4.99. The minimum Gasteiger partial charge on any atom is -0.479 e. The molecule has 1 aromatic carbocycles. The number of carboxylic acids is 1. The number of carbonyl (C=O) groups is 1. The Morgan fingerprint density at radius 2 is 1.96 bits per heavy atom. The summed E-state index contributed by atoms with van der Waals surface area (Å²) < 4.78 is 10.4. The maximum absolute atomic E-state index is 11.0. The highest BCUT2D eigenvalue weighted by Gasteiger charge is 2.48. The number of rotatable bonds is 5. The van der Waals surface area contributed by atoms with Gasteiger partial charge < -0.3 is 40.4 Å². The molecule has 10 nitrogen and oxygen atoms in total. The van der Waals surface area contributed by atoms with Crippen molar-refractivity contribution in [3.05, 3.63) is 23.8 Å². The SMILES string of the molecule is NNc1cc(CO)ccc1OC1OC(C(=O)O)C(O)C(O)C1O. The number of ether oxygens (including phenoxy) is 2. The van der Waals surface area contributed by atoms with Gasteiger partial charge in [-0.3, -0.25) is 5.84 Å². The van der Waals surface area contributed by atoms with Crippen molar-refractivity contribution in [1.29, 1.82) is 0 Å². The standard InChI is InChI=1S/C13H18N2O8/c14-15-6-3-5(4-16)1-2-7(6)22-13-10(19)8(17)9(18)11(23-13)12(20)21/h1-3,8-11,13,15-19H,4,14H2,(H,20,21). The molecule has 1 saturated heterocycles. The van der Waals surface area contributed by atoms with Gasteiger partial charge in [-0.15, -0.1) is 0 Å². The van der Waals surface area contributed by atoms with Gasteiger partial charge in [-0.2, -0.15) is 0 Å². The average Bonchev–Trinajstić information content (AvgIpc) is 2.55. The van der Waals surface area contributed by atoms with Crippen molar-refractivity contribution in [1.82, 2.24) is 0 Å². The molecular formula is C13H18N2O8. The van der Waals surface area contributed by atoms with Crippen molar-refractivity contribution < 1.29 is 39.8 Å². The smallest absolute Gasteiger partial charge is 0.335 e. The molecule has 23 heavy (non-hydrogen) atoms. The Labute approximate surface area is 130 Å². The van der Waals surface area contributed by atoms with Crippen molar-refractivity contribution in [3.8, 4) is 5.75 Å². The van der Waals surface area contributed by atoms with E-state index in [2.05, 4.69) is 5.43 Å². The van der Waals surface area contributed by atoms with Crippen molar-refractivity contribution in [3.63, 3.8) is 0 Å². The van der Waals surface area contributed by atoms with Gasteiger partial charge in [0, 0.05) is 0 Å². The molecular weight excluding hydrogens is 312 g/mol. The van der Waals surface area contributed by atoms with E-state index in [1.54, 1.807) is 0 Å². The zero-order valence-corrected chi connectivity index (χ0v) is 11.9. The Morgan fingerprint density at radius 3 is 2.52 bits per heavy atom. The molecule has 5 unspecified atom stereocenters. The number of benzene rings is 1. The Morgan fingerprint density at radius 1 is 1.26 bits per heavy atom. The molecule has 1 fully saturated rings. The van der Waals surface area contributed by atoms with Gasteiger partial charge in [0.15, 0.2) is 6.10 Å². The van der Waals surface area contributed by atoms with Gasteiger partial charge in [0.05, 0.1) is 12.3 Å². The van der Waals surface area contributed by atoms with Crippen LogP contribution in [0, 0.1) is 0 Å². The number of aliphatic carboxylic acids is 1. The first kappa shape index (κ1) is 17.4. The number of nitrogens with one attached hydrogen (secondary N) is 1. The lowest BCUT2D eigenvalue weighted by Crippen LogP contribution is -2.61. The summed E-state index contributed by atoms with van der Waals surface area (Å²) in [7, 11) is 0. The van der Waals surface area contributed by atoms with Crippen LogP contribution in [0.3, 0.4) is 0 Å². The summed E-state index contributed by atoms with van der Waals surface area (Å²) in [5.74, 6) is 3.93. The fraction of sp³-hybridized carbons (Fsp3) is 0.462. The summed E-state index contributed by atoms with van der Waals surface area (Å²) in [5, 5.41) is 47.3. The number of nitrogens with two attached hydrogens (primary N) is 1. The summed E-state index contributed by atoms with van der Waals surface area (Å²) in [6.45, 7) is -0.233. The molecule has 8 N–H and O–H groups in total. The number of hydrazine groups is 1. The zero-order valence-electron chi connectivity index (χ0n) is 11.9. The highest BCUT2D eigenvalue weighted by atomic mass is 16.7. The summed E-state index contributed by atoms with van der Waals surface area (Å²) in [5.41, 5.74) is 3.11. The van der Waals surface area contributed by atoms with E-state index in [9.17, 15) is 20.1 Å². The van der Waals surface area contributed by atoms with Crippen LogP contribution in [-0.2, 0) is 16.1 Å². The fourth-order valence-electron chi connectivity index (χ4n) is 2.17. The maximum atomic E-state index is 11.0. The van der Waals surface area contributed by atoms with E-state index in [1.807, 2.05) is 0 Å². The van der Waals surface area contributed by atoms with Crippen LogP contribution in [-0.4, -0.2) is 62.2 Å². The Kier molecular flexibility index (Phi) is 5.36. The molecule has 0 aliphatic carbocycles. The Bertz CT molecular complexity index is 569. The molecule has 1 aliphatic rings. The van der Waals surface area contributed by atoms with E-state index in [1.165, 1.54) is 18.2 Å². The summed E-state index contributed by atoms with van der Waals surface area (Å²) in [4.78, 5) is 11.0. The third-order valence-corrected chi connectivity index (χ3v) is 3.44. The van der Waals surface area contributed by atoms with Crippen LogP contribution in [0.1, 0.15) is 5.56 Å². The van der Waals surface area contributed by atoms with E-state index in [-0.39, 0.29) is 18.0 Å². The molecule has 128 valence electrons. The number of hydrogen-bond donors (Lipinski definition) is 7. The van der Waals surface area contributed by atoms with Gasteiger partial charge >= 0.3 is 5.97 Å². The number of aliphatic hydroxyl groups excluding tert-OH is 4. The summed E-state index contributed by atoms with van der Waals surface area (Å²) in [6.07, 6.45) is -8.54. The quantitative estimate of drug-likeness (QED) is 0.230. The molecule has 5 atom stereocenters. The molecule has 10 heteroatoms. The topological polar surface area (TPSA) is 175 Å². The van der Waals surface area contributed by atoms with Gasteiger partial charge in [-0.05, 0) is 17.7 Å². The highest BCUT2D eigenvalue weighted by Crippen LogP contribution is 2.30. The van der Waals surface area contributed by atoms with E-state index in [0.717, 1.165) is 0 Å². The fourth-order valence-corrected chi connectivity index (χ4v) is 2.17. The molecule has 1 heterocycles. The van der Waals surface area contributed by atoms with E-state index < -0.39 is 36.7 Å². The van der Waals surface area contributed by atoms with Gasteiger partial charge in [-0.1, -0.05) is 6.07 Å². The van der Waals surface area contributed by atoms with Crippen LogP contribution in [0.2, 0.25) is 0 Å². The first-order chi connectivity index (χ1) is 10.9. The molecule has 1 aliphatic heterocycles. The molecule has 0 aromatic heterocycles.